The Balaban J connectivity index is 1.44. The molecule has 0 bridgehead atoms. The van der Waals surface area contributed by atoms with Crippen LogP contribution < -0.4 is 15.8 Å². The number of alkyl halides is 1. The summed E-state index contributed by atoms with van der Waals surface area (Å²) in [5.74, 6) is -2.55. The molecule has 42 heavy (non-hydrogen) atoms. The molecular weight excluding hydrogens is 549 g/mol. The lowest BCUT2D eigenvalue weighted by molar-refractivity contribution is -0.0117. The van der Waals surface area contributed by atoms with Crippen LogP contribution in [0.5, 0.6) is 5.75 Å². The molecule has 1 aliphatic heterocycles. The second-order valence-electron chi connectivity index (χ2n) is 11.0. The number of amides is 1. The Morgan fingerprint density at radius 1 is 1.19 bits per heavy atom. The summed E-state index contributed by atoms with van der Waals surface area (Å²) < 4.78 is 56.7. The summed E-state index contributed by atoms with van der Waals surface area (Å²) >= 11 is 0. The Kier molecular flexibility index (Phi) is 8.81. The number of carbonyl (C=O) groups excluding carboxylic acids is 1. The monoisotopic (exact) mass is 584 g/mol. The topological polar surface area (TPSA) is 120 Å². The first-order chi connectivity index (χ1) is 20.1. The van der Waals surface area contributed by atoms with Gasteiger partial charge in [0.25, 0.3) is 5.91 Å². The number of ether oxygens (including phenoxy) is 2. The van der Waals surface area contributed by atoms with Crippen molar-refractivity contribution in [2.75, 3.05) is 25.6 Å². The Morgan fingerprint density at radius 2 is 1.95 bits per heavy atom. The minimum atomic E-state index is -1.81. The zero-order chi connectivity index (χ0) is 30.0. The number of rotatable bonds is 7. The first-order valence-electron chi connectivity index (χ1n) is 14.2. The van der Waals surface area contributed by atoms with Crippen molar-refractivity contribution in [2.24, 2.45) is 11.7 Å². The van der Waals surface area contributed by atoms with E-state index >= 15 is 13.2 Å². The highest BCUT2D eigenvalue weighted by atomic mass is 19.1. The zero-order valence-corrected chi connectivity index (χ0v) is 23.6. The number of aliphatic hydroxyl groups is 1. The van der Waals surface area contributed by atoms with Crippen LogP contribution in [0.25, 0.3) is 11.3 Å². The number of aliphatic hydroxyl groups excluding tert-OH is 1. The van der Waals surface area contributed by atoms with Gasteiger partial charge in [-0.2, -0.15) is 0 Å². The number of aromatic nitrogens is 2. The molecule has 3 aromatic rings. The van der Waals surface area contributed by atoms with E-state index in [4.69, 9.17) is 15.2 Å². The van der Waals surface area contributed by atoms with E-state index < -0.39 is 41.1 Å². The average Bonchev–Trinajstić information content (AvgIpc) is 2.99. The number of methoxy groups -OCH3 is 1. The van der Waals surface area contributed by atoms with Gasteiger partial charge in [0.15, 0.2) is 0 Å². The van der Waals surface area contributed by atoms with E-state index in [1.807, 2.05) is 6.92 Å². The van der Waals surface area contributed by atoms with Gasteiger partial charge in [0.05, 0.1) is 30.7 Å². The highest BCUT2D eigenvalue weighted by Crippen LogP contribution is 2.43. The molecule has 1 saturated carbocycles. The fourth-order valence-electron chi connectivity index (χ4n) is 6.09. The third-order valence-electron chi connectivity index (χ3n) is 8.52. The summed E-state index contributed by atoms with van der Waals surface area (Å²) in [5, 5.41) is 13.3. The lowest BCUT2D eigenvalue weighted by atomic mass is 9.73. The number of pyridine rings is 2. The van der Waals surface area contributed by atoms with Crippen molar-refractivity contribution in [3.8, 4) is 17.0 Å². The van der Waals surface area contributed by atoms with Crippen molar-refractivity contribution in [3.05, 3.63) is 71.2 Å². The molecule has 4 atom stereocenters. The predicted molar refractivity (Wildman–Crippen MR) is 151 cm³/mol. The van der Waals surface area contributed by atoms with E-state index in [2.05, 4.69) is 15.3 Å². The fourth-order valence-corrected chi connectivity index (χ4v) is 6.09. The molecule has 4 unspecified atom stereocenters. The Bertz CT molecular complexity index is 1450. The summed E-state index contributed by atoms with van der Waals surface area (Å²) in [6, 6.07) is 5.99. The molecule has 1 aromatic carbocycles. The Morgan fingerprint density at radius 3 is 2.67 bits per heavy atom. The van der Waals surface area contributed by atoms with Crippen LogP contribution >= 0.6 is 0 Å². The minimum absolute atomic E-state index is 0.0187. The van der Waals surface area contributed by atoms with Crippen molar-refractivity contribution >= 4 is 11.6 Å². The van der Waals surface area contributed by atoms with Crippen LogP contribution in [0, 0.1) is 17.6 Å². The first-order valence-corrected chi connectivity index (χ1v) is 14.2. The fraction of sp³-hybridized carbons (Fsp3) is 0.452. The minimum Gasteiger partial charge on any atom is -0.496 e. The summed E-state index contributed by atoms with van der Waals surface area (Å²) in [6.45, 7) is 2.40. The van der Waals surface area contributed by atoms with Gasteiger partial charge in [-0.25, -0.2) is 18.2 Å². The van der Waals surface area contributed by atoms with Gasteiger partial charge >= 0.3 is 0 Å². The predicted octanol–water partition coefficient (Wildman–Crippen LogP) is 5.25. The first kappa shape index (κ1) is 29.9. The number of carbonyl (C=O) groups is 1. The number of hydrogen-bond donors (Lipinski definition) is 3. The molecule has 5 rings (SSSR count). The average molecular weight is 585 g/mol. The largest absolute Gasteiger partial charge is 0.496 e. The zero-order valence-electron chi connectivity index (χ0n) is 23.6. The molecule has 2 fully saturated rings. The molecule has 1 saturated heterocycles. The number of nitrogens with zero attached hydrogens (tertiary/aromatic N) is 2. The maximum Gasteiger partial charge on any atom is 0.274 e. The number of nitrogens with one attached hydrogen (secondary N) is 1. The number of benzene rings is 1. The normalized spacial score (nSPS) is 23.8. The molecule has 224 valence electrons. The van der Waals surface area contributed by atoms with Gasteiger partial charge in [0.1, 0.15) is 34.4 Å². The van der Waals surface area contributed by atoms with Gasteiger partial charge < -0.3 is 25.6 Å². The summed E-state index contributed by atoms with van der Waals surface area (Å²) in [6.07, 6.45) is 4.65. The summed E-state index contributed by atoms with van der Waals surface area (Å²) in [5.41, 5.74) is 4.84. The quantitative estimate of drug-likeness (QED) is 0.347. The van der Waals surface area contributed by atoms with Crippen LogP contribution in [0.2, 0.25) is 0 Å². The molecule has 0 spiro atoms. The molecule has 1 aliphatic carbocycles. The van der Waals surface area contributed by atoms with E-state index in [9.17, 15) is 9.90 Å². The van der Waals surface area contributed by atoms with E-state index in [1.165, 1.54) is 25.4 Å². The molecule has 4 N–H and O–H groups in total. The van der Waals surface area contributed by atoms with Crippen LogP contribution in [-0.2, 0) is 10.4 Å². The lowest BCUT2D eigenvalue weighted by Crippen LogP contribution is -2.45. The van der Waals surface area contributed by atoms with Gasteiger partial charge in [-0.15, -0.1) is 0 Å². The second kappa shape index (κ2) is 12.4. The van der Waals surface area contributed by atoms with Crippen molar-refractivity contribution in [1.29, 1.82) is 0 Å². The highest BCUT2D eigenvalue weighted by molar-refractivity contribution is 6.03. The SMILES string of the molecule is CCC1CC(c2ccncc2NC(=O)c2ccc(F)c(-c3c(F)cc(C4(F)CCOCC4)cc3OC)n2)CC(N)C1O. The van der Waals surface area contributed by atoms with Crippen LogP contribution in [0.1, 0.15) is 66.6 Å². The molecule has 3 heterocycles. The molecule has 11 heteroatoms. The Labute approximate surface area is 242 Å². The molecule has 0 radical (unpaired) electrons. The van der Waals surface area contributed by atoms with Gasteiger partial charge in [-0.1, -0.05) is 13.3 Å². The molecule has 2 aliphatic rings. The maximum absolute atomic E-state index is 15.6. The summed E-state index contributed by atoms with van der Waals surface area (Å²) in [4.78, 5) is 21.7. The third-order valence-corrected chi connectivity index (χ3v) is 8.52. The van der Waals surface area contributed by atoms with Crippen molar-refractivity contribution in [2.45, 2.75) is 62.8 Å². The molecule has 8 nitrogen and oxygen atoms in total. The third kappa shape index (κ3) is 5.86. The number of nitrogens with two attached hydrogens (primary N) is 1. The van der Waals surface area contributed by atoms with Crippen molar-refractivity contribution in [3.63, 3.8) is 0 Å². The number of halogens is 3. The van der Waals surface area contributed by atoms with E-state index in [0.29, 0.717) is 18.5 Å². The maximum atomic E-state index is 15.6. The van der Waals surface area contributed by atoms with E-state index in [0.717, 1.165) is 24.1 Å². The van der Waals surface area contributed by atoms with Crippen LogP contribution in [0.15, 0.2) is 42.7 Å². The van der Waals surface area contributed by atoms with Gasteiger partial charge in [-0.3, -0.25) is 9.78 Å². The lowest BCUT2D eigenvalue weighted by Gasteiger charge is -2.38. The highest BCUT2D eigenvalue weighted by Gasteiger charge is 2.37. The van der Waals surface area contributed by atoms with Gasteiger partial charge in [0.2, 0.25) is 0 Å². The van der Waals surface area contributed by atoms with Crippen molar-refractivity contribution in [1.82, 2.24) is 9.97 Å². The smallest absolute Gasteiger partial charge is 0.274 e. The van der Waals surface area contributed by atoms with Crippen LogP contribution in [-0.4, -0.2) is 53.5 Å². The standard InChI is InChI=1S/C31H35F3N4O4/c1-3-17-12-18(13-23(35)29(17)39)20-6-9-36-16-25(20)38-30(40)24-5-4-21(32)28(37-24)27-22(33)14-19(15-26(27)41-2)31(34)7-10-42-11-8-31/h4-6,9,14-18,23,29,39H,3,7-8,10-13,35H2,1-2H3,(H,38,40). The van der Waals surface area contributed by atoms with Gasteiger partial charge in [-0.05, 0) is 66.1 Å². The van der Waals surface area contributed by atoms with Crippen molar-refractivity contribution < 1.29 is 32.5 Å². The second-order valence-corrected chi connectivity index (χ2v) is 11.0. The summed E-state index contributed by atoms with van der Waals surface area (Å²) in [7, 11) is 1.27. The molecule has 2 aromatic heterocycles. The molecule has 1 amide bonds. The Hall–Kier alpha value is -3.54. The van der Waals surface area contributed by atoms with Crippen LogP contribution in [0.3, 0.4) is 0 Å². The van der Waals surface area contributed by atoms with Crippen LogP contribution in [0.4, 0.5) is 18.9 Å². The number of anilines is 1. The van der Waals surface area contributed by atoms with Gasteiger partial charge in [0, 0.05) is 38.3 Å². The van der Waals surface area contributed by atoms with E-state index in [1.54, 1.807) is 12.3 Å². The van der Waals surface area contributed by atoms with E-state index in [-0.39, 0.29) is 60.5 Å². The number of hydrogen-bond acceptors (Lipinski definition) is 7. The molecular formula is C31H35F3N4O4.